The van der Waals surface area contributed by atoms with Gasteiger partial charge in [0, 0.05) is 0 Å². The van der Waals surface area contributed by atoms with Crippen LogP contribution in [0.5, 0.6) is 0 Å². The zero-order valence-corrected chi connectivity index (χ0v) is 11.8. The smallest absolute Gasteiger partial charge is 0.164 e. The zero-order chi connectivity index (χ0) is 13.1. The Balaban J connectivity index is 1.84. The minimum atomic E-state index is -0.660. The highest BCUT2D eigenvalue weighted by atomic mass is 35.5. The van der Waals surface area contributed by atoms with Gasteiger partial charge in [0.15, 0.2) is 17.1 Å². The predicted molar refractivity (Wildman–Crippen MR) is 63.2 cm³/mol. The summed E-state index contributed by atoms with van der Waals surface area (Å²) in [6.07, 6.45) is -0.948. The van der Waals surface area contributed by atoms with Gasteiger partial charge in [-0.3, -0.25) is 0 Å². The SMILES string of the molecule is CC1(C)O[C@@H]2[C@H](O1)[C@@H](Cl)O[C@@H]1COC(C)(C)O[C@@H]21. The van der Waals surface area contributed by atoms with Crippen molar-refractivity contribution in [1.82, 2.24) is 0 Å². The molecule has 3 aliphatic heterocycles. The Hall–Kier alpha value is 0.0900. The van der Waals surface area contributed by atoms with Crippen molar-refractivity contribution in [3.63, 3.8) is 0 Å². The van der Waals surface area contributed by atoms with Crippen molar-refractivity contribution in [2.45, 2.75) is 69.2 Å². The van der Waals surface area contributed by atoms with Crippen molar-refractivity contribution in [3.05, 3.63) is 0 Å². The first-order chi connectivity index (χ1) is 8.27. The minimum Gasteiger partial charge on any atom is -0.351 e. The topological polar surface area (TPSA) is 46.2 Å². The Labute approximate surface area is 112 Å². The molecule has 3 fully saturated rings. The lowest BCUT2D eigenvalue weighted by Gasteiger charge is -2.47. The highest BCUT2D eigenvalue weighted by Gasteiger charge is 2.57. The number of rotatable bonds is 0. The second-order valence-corrected chi connectivity index (χ2v) is 6.31. The summed E-state index contributed by atoms with van der Waals surface area (Å²) in [4.78, 5) is 0. The maximum atomic E-state index is 6.20. The van der Waals surface area contributed by atoms with E-state index in [4.69, 9.17) is 35.3 Å². The maximum Gasteiger partial charge on any atom is 0.164 e. The molecule has 5 nitrogen and oxygen atoms in total. The molecule has 104 valence electrons. The molecule has 3 rings (SSSR count). The molecule has 3 heterocycles. The van der Waals surface area contributed by atoms with Gasteiger partial charge in [-0.1, -0.05) is 11.6 Å². The first-order valence-corrected chi connectivity index (χ1v) is 6.68. The lowest BCUT2D eigenvalue weighted by Crippen LogP contribution is -2.62. The van der Waals surface area contributed by atoms with Crippen LogP contribution in [0.2, 0.25) is 0 Å². The number of halogens is 1. The van der Waals surface area contributed by atoms with Gasteiger partial charge in [-0.05, 0) is 27.7 Å². The van der Waals surface area contributed by atoms with Crippen LogP contribution in [0.15, 0.2) is 0 Å². The number of hydrogen-bond acceptors (Lipinski definition) is 5. The van der Waals surface area contributed by atoms with Gasteiger partial charge < -0.3 is 23.7 Å². The Bertz CT molecular complexity index is 345. The Morgan fingerprint density at radius 1 is 0.889 bits per heavy atom. The molecule has 0 spiro atoms. The third kappa shape index (κ3) is 2.17. The van der Waals surface area contributed by atoms with E-state index in [0.717, 1.165) is 0 Å². The fourth-order valence-electron chi connectivity index (χ4n) is 2.73. The van der Waals surface area contributed by atoms with Crippen molar-refractivity contribution in [1.29, 1.82) is 0 Å². The largest absolute Gasteiger partial charge is 0.351 e. The van der Waals surface area contributed by atoms with E-state index >= 15 is 0 Å². The Morgan fingerprint density at radius 3 is 2.22 bits per heavy atom. The van der Waals surface area contributed by atoms with Crippen LogP contribution in [-0.2, 0) is 23.7 Å². The first kappa shape index (κ1) is 13.1. The van der Waals surface area contributed by atoms with E-state index in [2.05, 4.69) is 0 Å². The molecule has 0 bridgehead atoms. The zero-order valence-electron chi connectivity index (χ0n) is 11.0. The van der Waals surface area contributed by atoms with E-state index in [1.807, 2.05) is 27.7 Å². The summed E-state index contributed by atoms with van der Waals surface area (Å²) in [7, 11) is 0. The van der Waals surface area contributed by atoms with Gasteiger partial charge in [-0.2, -0.15) is 0 Å². The van der Waals surface area contributed by atoms with Gasteiger partial charge in [-0.25, -0.2) is 0 Å². The molecule has 5 atom stereocenters. The van der Waals surface area contributed by atoms with Crippen LogP contribution in [0.1, 0.15) is 27.7 Å². The normalized spacial score (nSPS) is 49.5. The predicted octanol–water partition coefficient (Wildman–Crippen LogP) is 1.62. The van der Waals surface area contributed by atoms with Crippen LogP contribution >= 0.6 is 11.6 Å². The fraction of sp³-hybridized carbons (Fsp3) is 1.00. The molecule has 18 heavy (non-hydrogen) atoms. The summed E-state index contributed by atoms with van der Waals surface area (Å²) >= 11 is 6.20. The number of fused-ring (bicyclic) bond motifs is 3. The first-order valence-electron chi connectivity index (χ1n) is 6.24. The molecule has 0 N–H and O–H groups in total. The van der Waals surface area contributed by atoms with Crippen molar-refractivity contribution in [3.8, 4) is 0 Å². The molecule has 3 saturated heterocycles. The molecule has 0 aromatic rings. The summed E-state index contributed by atoms with van der Waals surface area (Å²) in [5, 5.41) is 0. The quantitative estimate of drug-likeness (QED) is 0.630. The van der Waals surface area contributed by atoms with Crippen LogP contribution in [0, 0.1) is 0 Å². The van der Waals surface area contributed by atoms with Gasteiger partial charge in [0.25, 0.3) is 0 Å². The van der Waals surface area contributed by atoms with Crippen LogP contribution in [0.3, 0.4) is 0 Å². The molecular weight excluding hydrogens is 260 g/mol. The molecule has 0 aromatic carbocycles. The molecule has 0 aromatic heterocycles. The molecule has 0 unspecified atom stereocenters. The summed E-state index contributed by atoms with van der Waals surface area (Å²) < 4.78 is 28.9. The lowest BCUT2D eigenvalue weighted by molar-refractivity contribution is -0.342. The third-order valence-electron chi connectivity index (χ3n) is 3.43. The third-order valence-corrected chi connectivity index (χ3v) is 3.78. The van der Waals surface area contributed by atoms with Gasteiger partial charge in [-0.15, -0.1) is 0 Å². The van der Waals surface area contributed by atoms with E-state index in [0.29, 0.717) is 6.61 Å². The molecule has 3 aliphatic rings. The minimum absolute atomic E-state index is 0.209. The molecule has 0 radical (unpaired) electrons. The molecule has 0 aliphatic carbocycles. The average Bonchev–Trinajstić information content (AvgIpc) is 2.56. The molecular formula is C12H19ClO5. The van der Waals surface area contributed by atoms with E-state index < -0.39 is 17.1 Å². The van der Waals surface area contributed by atoms with Gasteiger partial charge >= 0.3 is 0 Å². The summed E-state index contributed by atoms with van der Waals surface area (Å²) in [6.45, 7) is 7.95. The monoisotopic (exact) mass is 278 g/mol. The second kappa shape index (κ2) is 4.04. The van der Waals surface area contributed by atoms with Crippen LogP contribution in [-0.4, -0.2) is 48.2 Å². The number of ether oxygens (including phenoxy) is 5. The second-order valence-electron chi connectivity index (χ2n) is 5.88. The molecule has 0 saturated carbocycles. The van der Waals surface area contributed by atoms with Crippen LogP contribution in [0.4, 0.5) is 0 Å². The van der Waals surface area contributed by atoms with Crippen molar-refractivity contribution in [2.24, 2.45) is 0 Å². The van der Waals surface area contributed by atoms with Crippen LogP contribution in [0.25, 0.3) is 0 Å². The van der Waals surface area contributed by atoms with Crippen LogP contribution < -0.4 is 0 Å². The Kier molecular flexibility index (Phi) is 2.94. The highest BCUT2D eigenvalue weighted by Crippen LogP contribution is 2.42. The van der Waals surface area contributed by atoms with Gasteiger partial charge in [0.1, 0.15) is 24.4 Å². The van der Waals surface area contributed by atoms with E-state index in [-0.39, 0.29) is 24.4 Å². The number of hydrogen-bond donors (Lipinski definition) is 0. The van der Waals surface area contributed by atoms with E-state index in [1.165, 1.54) is 0 Å². The fourth-order valence-corrected chi connectivity index (χ4v) is 3.06. The Morgan fingerprint density at radius 2 is 1.50 bits per heavy atom. The molecule has 0 amide bonds. The van der Waals surface area contributed by atoms with Crippen molar-refractivity contribution in [2.75, 3.05) is 6.61 Å². The molecule has 6 heteroatoms. The standard InChI is InChI=1S/C12H19ClO5/c1-11(2)14-5-6-7(16-11)8-9(10(13)15-6)18-12(3,4)17-8/h6-10H,5H2,1-4H3/t6-,7-,8+,9+,10+/m1/s1. The average molecular weight is 279 g/mol. The maximum absolute atomic E-state index is 6.20. The van der Waals surface area contributed by atoms with Gasteiger partial charge in [0.2, 0.25) is 0 Å². The highest BCUT2D eigenvalue weighted by molar-refractivity contribution is 6.20. The van der Waals surface area contributed by atoms with Crippen molar-refractivity contribution >= 4 is 11.6 Å². The van der Waals surface area contributed by atoms with Gasteiger partial charge in [0.05, 0.1) is 6.61 Å². The van der Waals surface area contributed by atoms with E-state index in [1.54, 1.807) is 0 Å². The summed E-state index contributed by atoms with van der Waals surface area (Å²) in [6, 6.07) is 0. The van der Waals surface area contributed by atoms with E-state index in [9.17, 15) is 0 Å². The lowest BCUT2D eigenvalue weighted by atomic mass is 9.98. The van der Waals surface area contributed by atoms with Crippen molar-refractivity contribution < 1.29 is 23.7 Å². The summed E-state index contributed by atoms with van der Waals surface area (Å²) in [5.74, 6) is -1.29. The summed E-state index contributed by atoms with van der Waals surface area (Å²) in [5.41, 5.74) is -0.536. The number of alkyl halides is 1.